The molecule has 35 heavy (non-hydrogen) atoms. The van der Waals surface area contributed by atoms with E-state index in [4.69, 9.17) is 4.74 Å². The summed E-state index contributed by atoms with van der Waals surface area (Å²) in [5, 5.41) is 2.98. The van der Waals surface area contributed by atoms with Gasteiger partial charge >= 0.3 is 0 Å². The first kappa shape index (κ1) is 25.9. The molecule has 0 aromatic heterocycles. The third kappa shape index (κ3) is 7.91. The first-order valence-corrected chi connectivity index (χ1v) is 11.6. The summed E-state index contributed by atoms with van der Waals surface area (Å²) in [6.45, 7) is 3.63. The van der Waals surface area contributed by atoms with E-state index in [0.717, 1.165) is 12.0 Å². The van der Waals surface area contributed by atoms with Crippen LogP contribution in [0, 0.1) is 11.6 Å². The van der Waals surface area contributed by atoms with Crippen LogP contribution >= 0.6 is 0 Å². The van der Waals surface area contributed by atoms with E-state index in [-0.39, 0.29) is 30.9 Å². The molecule has 0 saturated carbocycles. The van der Waals surface area contributed by atoms with Crippen molar-refractivity contribution >= 4 is 11.8 Å². The van der Waals surface area contributed by atoms with Crippen molar-refractivity contribution in [1.82, 2.24) is 10.2 Å². The summed E-state index contributed by atoms with van der Waals surface area (Å²) in [5.41, 5.74) is 1.57. The molecular formula is C28H30F2N2O3. The third-order valence-electron chi connectivity index (χ3n) is 5.71. The van der Waals surface area contributed by atoms with Crippen LogP contribution in [-0.2, 0) is 22.6 Å². The summed E-state index contributed by atoms with van der Waals surface area (Å²) in [6.07, 6.45) is 1.04. The molecule has 5 nitrogen and oxygen atoms in total. The smallest absolute Gasteiger partial charge is 0.261 e. The van der Waals surface area contributed by atoms with E-state index < -0.39 is 17.8 Å². The van der Waals surface area contributed by atoms with Gasteiger partial charge in [-0.15, -0.1) is 0 Å². The van der Waals surface area contributed by atoms with Gasteiger partial charge in [0.05, 0.1) is 0 Å². The lowest BCUT2D eigenvalue weighted by Gasteiger charge is -2.32. The van der Waals surface area contributed by atoms with Crippen molar-refractivity contribution in [2.75, 3.05) is 6.61 Å². The molecule has 7 heteroatoms. The minimum atomic E-state index is -0.819. The van der Waals surface area contributed by atoms with Gasteiger partial charge in [-0.1, -0.05) is 49.4 Å². The summed E-state index contributed by atoms with van der Waals surface area (Å²) in [6, 6.07) is 19.7. The fourth-order valence-electron chi connectivity index (χ4n) is 3.54. The largest absolute Gasteiger partial charge is 0.484 e. The maximum absolute atomic E-state index is 13.5. The number of halogens is 2. The Morgan fingerprint density at radius 1 is 0.886 bits per heavy atom. The molecule has 1 N–H and O–H groups in total. The van der Waals surface area contributed by atoms with E-state index in [1.165, 1.54) is 41.3 Å². The number of nitrogens with one attached hydrogen (secondary N) is 1. The third-order valence-corrected chi connectivity index (χ3v) is 5.71. The average Bonchev–Trinajstić information content (AvgIpc) is 2.87. The van der Waals surface area contributed by atoms with Crippen LogP contribution < -0.4 is 10.1 Å². The van der Waals surface area contributed by atoms with E-state index >= 15 is 0 Å². The van der Waals surface area contributed by atoms with Gasteiger partial charge in [0.1, 0.15) is 23.4 Å². The maximum atomic E-state index is 13.5. The number of carbonyl (C=O) groups excluding carboxylic acids is 2. The Labute approximate surface area is 204 Å². The Balaban J connectivity index is 1.89. The highest BCUT2D eigenvalue weighted by atomic mass is 19.1. The van der Waals surface area contributed by atoms with Crippen molar-refractivity contribution in [3.63, 3.8) is 0 Å². The summed E-state index contributed by atoms with van der Waals surface area (Å²) >= 11 is 0. The molecule has 2 atom stereocenters. The fourth-order valence-corrected chi connectivity index (χ4v) is 3.54. The highest BCUT2D eigenvalue weighted by Gasteiger charge is 2.31. The molecule has 3 aromatic carbocycles. The Kier molecular flexibility index (Phi) is 9.35. The number of ether oxygens (including phenoxy) is 1. The van der Waals surface area contributed by atoms with Gasteiger partial charge in [-0.05, 0) is 60.9 Å². The van der Waals surface area contributed by atoms with Crippen LogP contribution in [-0.4, -0.2) is 35.4 Å². The zero-order chi connectivity index (χ0) is 25.2. The number of carbonyl (C=O) groups is 2. The molecule has 0 spiro atoms. The number of hydrogen-bond donors (Lipinski definition) is 1. The highest BCUT2D eigenvalue weighted by Crippen LogP contribution is 2.17. The molecule has 0 radical (unpaired) electrons. The molecule has 3 aromatic rings. The van der Waals surface area contributed by atoms with Crippen LogP contribution in [0.15, 0.2) is 78.9 Å². The molecule has 2 amide bonds. The van der Waals surface area contributed by atoms with Crippen molar-refractivity contribution in [2.24, 2.45) is 0 Å². The molecular weight excluding hydrogens is 450 g/mol. The molecule has 0 aliphatic carbocycles. The lowest BCUT2D eigenvalue weighted by molar-refractivity contribution is -0.143. The Morgan fingerprint density at radius 2 is 1.49 bits per heavy atom. The Morgan fingerprint density at radius 3 is 2.09 bits per heavy atom. The first-order valence-electron chi connectivity index (χ1n) is 11.6. The summed E-state index contributed by atoms with van der Waals surface area (Å²) in [5.74, 6) is -1.16. The molecule has 0 aliphatic heterocycles. The molecule has 184 valence electrons. The van der Waals surface area contributed by atoms with Crippen molar-refractivity contribution in [3.05, 3.63) is 102 Å². The first-order chi connectivity index (χ1) is 16.9. The predicted molar refractivity (Wildman–Crippen MR) is 131 cm³/mol. The van der Waals surface area contributed by atoms with Crippen molar-refractivity contribution in [3.8, 4) is 5.75 Å². The second-order valence-corrected chi connectivity index (χ2v) is 8.41. The van der Waals surface area contributed by atoms with Crippen LogP contribution in [0.4, 0.5) is 8.78 Å². The summed E-state index contributed by atoms with van der Waals surface area (Å²) < 4.78 is 32.3. The van der Waals surface area contributed by atoms with Gasteiger partial charge in [0.25, 0.3) is 5.91 Å². The van der Waals surface area contributed by atoms with Crippen LogP contribution in [0.1, 0.15) is 31.4 Å². The van der Waals surface area contributed by atoms with Gasteiger partial charge < -0.3 is 15.0 Å². The quantitative estimate of drug-likeness (QED) is 0.425. The zero-order valence-corrected chi connectivity index (χ0v) is 19.9. The average molecular weight is 481 g/mol. The van der Waals surface area contributed by atoms with E-state index in [0.29, 0.717) is 17.7 Å². The highest BCUT2D eigenvalue weighted by molar-refractivity contribution is 5.88. The van der Waals surface area contributed by atoms with Crippen molar-refractivity contribution in [2.45, 2.75) is 45.3 Å². The Hall–Kier alpha value is -3.74. The van der Waals surface area contributed by atoms with Gasteiger partial charge in [-0.3, -0.25) is 9.59 Å². The van der Waals surface area contributed by atoms with E-state index in [1.54, 1.807) is 12.1 Å². The van der Waals surface area contributed by atoms with E-state index in [2.05, 4.69) is 5.32 Å². The lowest BCUT2D eigenvalue weighted by Crippen LogP contribution is -2.53. The molecule has 0 saturated heterocycles. The molecule has 3 rings (SSSR count). The number of benzene rings is 3. The van der Waals surface area contributed by atoms with E-state index in [9.17, 15) is 18.4 Å². The van der Waals surface area contributed by atoms with Crippen LogP contribution in [0.25, 0.3) is 0 Å². The van der Waals surface area contributed by atoms with Crippen molar-refractivity contribution in [1.29, 1.82) is 0 Å². The Bertz CT molecular complexity index is 1090. The minimum Gasteiger partial charge on any atom is -0.484 e. The summed E-state index contributed by atoms with van der Waals surface area (Å²) in [7, 11) is 0. The second-order valence-electron chi connectivity index (χ2n) is 8.41. The number of amides is 2. The molecule has 2 unspecified atom stereocenters. The minimum absolute atomic E-state index is 0.0704. The van der Waals surface area contributed by atoms with Crippen molar-refractivity contribution < 1.29 is 23.1 Å². The standard InChI is InChI=1S/C28H30F2N2O3/c1-3-20(2)31-28(34)26(17-21-7-5-4-6-8-21)32(18-22-9-11-23(29)12-10-22)27(33)19-35-25-15-13-24(30)14-16-25/h4-16,20,26H,3,17-19H2,1-2H3,(H,31,34). The van der Waals surface area contributed by atoms with Gasteiger partial charge in [0.15, 0.2) is 6.61 Å². The molecule has 0 aliphatic rings. The predicted octanol–water partition coefficient (Wildman–Crippen LogP) is 4.90. The van der Waals surface area contributed by atoms with Crippen LogP contribution in [0.3, 0.4) is 0 Å². The maximum Gasteiger partial charge on any atom is 0.261 e. The number of nitrogens with zero attached hydrogens (tertiary/aromatic N) is 1. The molecule has 0 fully saturated rings. The lowest BCUT2D eigenvalue weighted by atomic mass is 10.0. The van der Waals surface area contributed by atoms with Gasteiger partial charge in [-0.25, -0.2) is 8.78 Å². The monoisotopic (exact) mass is 480 g/mol. The van der Waals surface area contributed by atoms with Crippen LogP contribution in [0.2, 0.25) is 0 Å². The van der Waals surface area contributed by atoms with Crippen LogP contribution in [0.5, 0.6) is 5.75 Å². The summed E-state index contributed by atoms with van der Waals surface area (Å²) in [4.78, 5) is 28.3. The number of hydrogen-bond acceptors (Lipinski definition) is 3. The second kappa shape index (κ2) is 12.6. The van der Waals surface area contributed by atoms with Gasteiger partial charge in [0, 0.05) is 19.0 Å². The van der Waals surface area contributed by atoms with E-state index in [1.807, 2.05) is 44.2 Å². The molecule has 0 heterocycles. The SMILES string of the molecule is CCC(C)NC(=O)C(Cc1ccccc1)N(Cc1ccc(F)cc1)C(=O)COc1ccc(F)cc1. The fraction of sp³-hybridized carbons (Fsp3) is 0.286. The topological polar surface area (TPSA) is 58.6 Å². The normalized spacial score (nSPS) is 12.5. The zero-order valence-electron chi connectivity index (χ0n) is 19.9. The van der Waals surface area contributed by atoms with Gasteiger partial charge in [-0.2, -0.15) is 0 Å². The number of rotatable bonds is 11. The van der Waals surface area contributed by atoms with Gasteiger partial charge in [0.2, 0.25) is 5.91 Å². The molecule has 0 bridgehead atoms.